The van der Waals surface area contributed by atoms with Gasteiger partial charge in [0.2, 0.25) is 0 Å². The van der Waals surface area contributed by atoms with Gasteiger partial charge in [-0.15, -0.1) is 0 Å². The first-order chi connectivity index (χ1) is 8.24. The van der Waals surface area contributed by atoms with E-state index >= 15 is 0 Å². The van der Waals surface area contributed by atoms with Gasteiger partial charge in [0.1, 0.15) is 6.10 Å². The Morgan fingerprint density at radius 1 is 1.29 bits per heavy atom. The Hall–Kier alpha value is -1.51. The fraction of sp³-hybridized carbons (Fsp3) is 0.500. The Labute approximate surface area is 102 Å². The molecule has 1 aliphatic carbocycles. The highest BCUT2D eigenvalue weighted by Crippen LogP contribution is 2.25. The standard InChI is InChI=1S/C14H19NO2/c1-11-6-5-9-13(10-11)17-14(16)15-12-7-3-2-4-8-12/h2-4,7-8,11,13H,5-6,9-10H2,1H3,(H,15,16)/t11-,13-/m1/s1. The molecule has 1 fully saturated rings. The van der Waals surface area contributed by atoms with Crippen molar-refractivity contribution in [1.82, 2.24) is 0 Å². The Balaban J connectivity index is 1.81. The summed E-state index contributed by atoms with van der Waals surface area (Å²) in [6, 6.07) is 9.39. The third-order valence-corrected chi connectivity index (χ3v) is 3.18. The highest BCUT2D eigenvalue weighted by molar-refractivity contribution is 5.84. The van der Waals surface area contributed by atoms with E-state index in [0.29, 0.717) is 5.92 Å². The molecule has 1 aromatic rings. The molecule has 3 heteroatoms. The van der Waals surface area contributed by atoms with E-state index < -0.39 is 0 Å². The first-order valence-electron chi connectivity index (χ1n) is 6.26. The van der Waals surface area contributed by atoms with Crippen molar-refractivity contribution in [2.24, 2.45) is 5.92 Å². The highest BCUT2D eigenvalue weighted by Gasteiger charge is 2.22. The largest absolute Gasteiger partial charge is 0.446 e. The van der Waals surface area contributed by atoms with Crippen LogP contribution in [0, 0.1) is 5.92 Å². The molecule has 1 aliphatic rings. The third-order valence-electron chi connectivity index (χ3n) is 3.18. The van der Waals surface area contributed by atoms with Crippen LogP contribution in [0.1, 0.15) is 32.6 Å². The van der Waals surface area contributed by atoms with Crippen molar-refractivity contribution in [1.29, 1.82) is 0 Å². The van der Waals surface area contributed by atoms with Gasteiger partial charge in [-0.1, -0.05) is 31.5 Å². The fourth-order valence-electron chi connectivity index (χ4n) is 2.31. The summed E-state index contributed by atoms with van der Waals surface area (Å²) in [5.74, 6) is 0.665. The number of amides is 1. The monoisotopic (exact) mass is 233 g/mol. The number of ether oxygens (including phenoxy) is 1. The fourth-order valence-corrected chi connectivity index (χ4v) is 2.31. The normalized spacial score (nSPS) is 24.1. The lowest BCUT2D eigenvalue weighted by Gasteiger charge is -2.26. The molecule has 0 spiro atoms. The van der Waals surface area contributed by atoms with Gasteiger partial charge in [0, 0.05) is 5.69 Å². The number of hydrogen-bond donors (Lipinski definition) is 1. The van der Waals surface area contributed by atoms with E-state index in [4.69, 9.17) is 4.74 Å². The topological polar surface area (TPSA) is 38.3 Å². The van der Waals surface area contributed by atoms with Gasteiger partial charge in [0.15, 0.2) is 0 Å². The first kappa shape index (κ1) is 12.0. The molecule has 17 heavy (non-hydrogen) atoms. The molecule has 0 saturated heterocycles. The van der Waals surface area contributed by atoms with Crippen molar-refractivity contribution in [2.75, 3.05) is 5.32 Å². The number of nitrogens with one attached hydrogen (secondary N) is 1. The van der Waals surface area contributed by atoms with Gasteiger partial charge in [-0.05, 0) is 37.3 Å². The smallest absolute Gasteiger partial charge is 0.411 e. The Kier molecular flexibility index (Phi) is 4.02. The maximum absolute atomic E-state index is 11.7. The quantitative estimate of drug-likeness (QED) is 0.843. The summed E-state index contributed by atoms with van der Waals surface area (Å²) in [7, 11) is 0. The van der Waals surface area contributed by atoms with Crippen molar-refractivity contribution >= 4 is 11.8 Å². The van der Waals surface area contributed by atoms with Crippen molar-refractivity contribution in [3.8, 4) is 0 Å². The summed E-state index contributed by atoms with van der Waals surface area (Å²) in [6.45, 7) is 2.21. The van der Waals surface area contributed by atoms with Crippen LogP contribution in [-0.4, -0.2) is 12.2 Å². The van der Waals surface area contributed by atoms with E-state index in [9.17, 15) is 4.79 Å². The number of hydrogen-bond acceptors (Lipinski definition) is 2. The molecule has 1 amide bonds. The molecule has 2 rings (SSSR count). The van der Waals surface area contributed by atoms with Crippen molar-refractivity contribution in [3.63, 3.8) is 0 Å². The van der Waals surface area contributed by atoms with Crippen molar-refractivity contribution in [3.05, 3.63) is 30.3 Å². The van der Waals surface area contributed by atoms with Crippen LogP contribution in [0.4, 0.5) is 10.5 Å². The number of rotatable bonds is 2. The maximum atomic E-state index is 11.7. The van der Waals surface area contributed by atoms with Crippen molar-refractivity contribution in [2.45, 2.75) is 38.7 Å². The molecule has 92 valence electrons. The molecule has 1 aromatic carbocycles. The zero-order valence-corrected chi connectivity index (χ0v) is 10.2. The second-order valence-corrected chi connectivity index (χ2v) is 4.79. The van der Waals surface area contributed by atoms with E-state index in [-0.39, 0.29) is 12.2 Å². The van der Waals surface area contributed by atoms with Gasteiger partial charge in [0.25, 0.3) is 0 Å². The van der Waals surface area contributed by atoms with Gasteiger partial charge in [-0.3, -0.25) is 5.32 Å². The van der Waals surface area contributed by atoms with Crippen LogP contribution in [0.3, 0.4) is 0 Å². The van der Waals surface area contributed by atoms with E-state index in [1.165, 1.54) is 6.42 Å². The summed E-state index contributed by atoms with van der Waals surface area (Å²) in [4.78, 5) is 11.7. The second kappa shape index (κ2) is 5.71. The van der Waals surface area contributed by atoms with Gasteiger partial charge >= 0.3 is 6.09 Å². The van der Waals surface area contributed by atoms with Crippen LogP contribution in [0.15, 0.2) is 30.3 Å². The van der Waals surface area contributed by atoms with Gasteiger partial charge in [0.05, 0.1) is 0 Å². The molecule has 0 aliphatic heterocycles. The number of anilines is 1. The minimum absolute atomic E-state index is 0.0856. The zero-order chi connectivity index (χ0) is 12.1. The molecule has 3 nitrogen and oxygen atoms in total. The lowest BCUT2D eigenvalue weighted by molar-refractivity contribution is 0.0724. The molecule has 1 saturated carbocycles. The molecule has 0 heterocycles. The average Bonchev–Trinajstić information content (AvgIpc) is 2.30. The SMILES string of the molecule is C[C@@H]1CCC[C@@H](OC(=O)Nc2ccccc2)C1. The first-order valence-corrected chi connectivity index (χ1v) is 6.26. The third kappa shape index (κ3) is 3.77. The second-order valence-electron chi connectivity index (χ2n) is 4.79. The molecule has 0 unspecified atom stereocenters. The molecule has 0 radical (unpaired) electrons. The molecule has 2 atom stereocenters. The summed E-state index contributed by atoms with van der Waals surface area (Å²) in [5, 5.41) is 2.74. The van der Waals surface area contributed by atoms with Gasteiger partial charge in [-0.2, -0.15) is 0 Å². The van der Waals surface area contributed by atoms with E-state index in [1.807, 2.05) is 30.3 Å². The summed E-state index contributed by atoms with van der Waals surface area (Å²) >= 11 is 0. The van der Waals surface area contributed by atoms with Crippen molar-refractivity contribution < 1.29 is 9.53 Å². The van der Waals surface area contributed by atoms with Gasteiger partial charge in [-0.25, -0.2) is 4.79 Å². The van der Waals surface area contributed by atoms with E-state index in [1.54, 1.807) is 0 Å². The average molecular weight is 233 g/mol. The lowest BCUT2D eigenvalue weighted by atomic mass is 9.89. The predicted octanol–water partition coefficient (Wildman–Crippen LogP) is 3.81. The van der Waals surface area contributed by atoms with E-state index in [0.717, 1.165) is 24.9 Å². The van der Waals surface area contributed by atoms with E-state index in [2.05, 4.69) is 12.2 Å². The Bertz CT molecular complexity index is 364. The summed E-state index contributed by atoms with van der Waals surface area (Å²) in [5.41, 5.74) is 0.779. The number of benzene rings is 1. The molecule has 0 bridgehead atoms. The maximum Gasteiger partial charge on any atom is 0.411 e. The number of carbonyl (C=O) groups is 1. The minimum atomic E-state index is -0.338. The summed E-state index contributed by atoms with van der Waals surface area (Å²) < 4.78 is 5.42. The Morgan fingerprint density at radius 3 is 2.76 bits per heavy atom. The number of carbonyl (C=O) groups excluding carboxylic acids is 1. The van der Waals surface area contributed by atoms with Crippen LogP contribution < -0.4 is 5.32 Å². The molecular formula is C14H19NO2. The minimum Gasteiger partial charge on any atom is -0.446 e. The molecule has 0 aromatic heterocycles. The zero-order valence-electron chi connectivity index (χ0n) is 10.2. The molecule has 1 N–H and O–H groups in total. The van der Waals surface area contributed by atoms with Crippen LogP contribution in [-0.2, 0) is 4.74 Å². The predicted molar refractivity (Wildman–Crippen MR) is 68.0 cm³/mol. The highest BCUT2D eigenvalue weighted by atomic mass is 16.6. The van der Waals surface area contributed by atoms with Crippen LogP contribution in [0.25, 0.3) is 0 Å². The molecular weight excluding hydrogens is 214 g/mol. The Morgan fingerprint density at radius 2 is 2.06 bits per heavy atom. The van der Waals surface area contributed by atoms with Gasteiger partial charge < -0.3 is 4.74 Å². The summed E-state index contributed by atoms with van der Waals surface area (Å²) in [6.07, 6.45) is 4.14. The lowest BCUT2D eigenvalue weighted by Crippen LogP contribution is -2.27. The van der Waals surface area contributed by atoms with Crippen LogP contribution in [0.2, 0.25) is 0 Å². The number of para-hydroxylation sites is 1. The van der Waals surface area contributed by atoms with Crippen LogP contribution >= 0.6 is 0 Å². The van der Waals surface area contributed by atoms with Crippen LogP contribution in [0.5, 0.6) is 0 Å².